The molecule has 0 saturated heterocycles. The summed E-state index contributed by atoms with van der Waals surface area (Å²) < 4.78 is 9.50. The molecule has 1 aliphatic rings. The van der Waals surface area contributed by atoms with Gasteiger partial charge in [-0.15, -0.1) is 0 Å². The molecule has 15 rings (SSSR count). The second-order valence-electron chi connectivity index (χ2n) is 18.9. The molecule has 0 bridgehead atoms. The molecule has 4 heterocycles. The van der Waals surface area contributed by atoms with Crippen LogP contribution in [0.3, 0.4) is 0 Å². The zero-order chi connectivity index (χ0) is 47.3. The van der Waals surface area contributed by atoms with Gasteiger partial charge >= 0.3 is 0 Å². The van der Waals surface area contributed by atoms with Crippen molar-refractivity contribution in [3.8, 4) is 62.0 Å². The molecule has 0 N–H and O–H groups in total. The molecule has 0 radical (unpaired) electrons. The van der Waals surface area contributed by atoms with Crippen LogP contribution >= 0.6 is 0 Å². The normalized spacial score (nSPS) is 12.6. The second-order valence-corrected chi connectivity index (χ2v) is 18.9. The average Bonchev–Trinajstić information content (AvgIpc) is 4.01. The minimum absolute atomic E-state index is 0.675. The standard InChI is InChI=1S/C67H42N4O/c1-4-19-41(20-5-1)65-51-36-38-60-64(63(51)50-30-14-16-33-55(50)68-65)53-32-18-31-52(66(53)72-60)61-46-26-10-12-28-48(46)62(49-29-13-11-27-47(49)61)57-40-56(69-67(70-57)42-21-6-2-7-22-42)43-35-37-59-54(39-43)45-25-15-17-34-58(45)71(59)44-23-8-3-9-24-44/h1-15,17-32,34-40H,16,33H2. The highest BCUT2D eigenvalue weighted by Gasteiger charge is 2.25. The third-order valence-electron chi connectivity index (χ3n) is 14.8. The molecule has 10 aromatic carbocycles. The lowest BCUT2D eigenvalue weighted by molar-refractivity contribution is 0.670. The Balaban J connectivity index is 0.971. The van der Waals surface area contributed by atoms with Crippen LogP contribution in [0.25, 0.3) is 144 Å². The summed E-state index contributed by atoms with van der Waals surface area (Å²) >= 11 is 0. The number of para-hydroxylation sites is 3. The Morgan fingerprint density at radius 1 is 0.417 bits per heavy atom. The van der Waals surface area contributed by atoms with Crippen LogP contribution in [-0.4, -0.2) is 19.5 Å². The zero-order valence-corrected chi connectivity index (χ0v) is 39.1. The molecular weight excluding hydrogens is 877 g/mol. The third-order valence-corrected chi connectivity index (χ3v) is 14.8. The molecule has 5 heteroatoms. The van der Waals surface area contributed by atoms with Crippen molar-refractivity contribution in [2.45, 2.75) is 12.8 Å². The Bertz CT molecular complexity index is 4490. The number of furan rings is 1. The number of nitrogens with zero attached hydrogens (tertiary/aromatic N) is 4. The molecule has 5 nitrogen and oxygen atoms in total. The fraction of sp³-hybridized carbons (Fsp3) is 0.0299. The van der Waals surface area contributed by atoms with Crippen molar-refractivity contribution in [2.24, 2.45) is 0 Å². The molecular formula is C67H42N4O. The van der Waals surface area contributed by atoms with Gasteiger partial charge in [-0.2, -0.15) is 0 Å². The van der Waals surface area contributed by atoms with E-state index in [2.05, 4.69) is 229 Å². The van der Waals surface area contributed by atoms with Gasteiger partial charge in [-0.3, -0.25) is 4.98 Å². The van der Waals surface area contributed by atoms with Crippen LogP contribution in [-0.2, 0) is 6.42 Å². The van der Waals surface area contributed by atoms with Crippen LogP contribution in [0.4, 0.5) is 0 Å². The lowest BCUT2D eigenvalue weighted by atomic mass is 9.86. The van der Waals surface area contributed by atoms with Crippen molar-refractivity contribution in [1.29, 1.82) is 0 Å². The molecule has 0 aliphatic heterocycles. The highest BCUT2D eigenvalue weighted by atomic mass is 16.3. The highest BCUT2D eigenvalue weighted by Crippen LogP contribution is 2.49. The van der Waals surface area contributed by atoms with Crippen molar-refractivity contribution in [1.82, 2.24) is 19.5 Å². The van der Waals surface area contributed by atoms with Gasteiger partial charge in [-0.1, -0.05) is 182 Å². The maximum atomic E-state index is 7.14. The third kappa shape index (κ3) is 6.17. The predicted octanol–water partition coefficient (Wildman–Crippen LogP) is 17.6. The van der Waals surface area contributed by atoms with Gasteiger partial charge in [0.25, 0.3) is 0 Å². The summed E-state index contributed by atoms with van der Waals surface area (Å²) in [4.78, 5) is 16.2. The van der Waals surface area contributed by atoms with E-state index in [1.165, 1.54) is 27.2 Å². The molecule has 0 atom stereocenters. The molecule has 72 heavy (non-hydrogen) atoms. The number of pyridine rings is 1. The Morgan fingerprint density at radius 3 is 1.79 bits per heavy atom. The molecule has 0 fully saturated rings. The lowest BCUT2D eigenvalue weighted by Crippen LogP contribution is -2.02. The summed E-state index contributed by atoms with van der Waals surface area (Å²) in [6.07, 6.45) is 6.43. The van der Waals surface area contributed by atoms with E-state index < -0.39 is 0 Å². The molecule has 1 aliphatic carbocycles. The topological polar surface area (TPSA) is 56.7 Å². The van der Waals surface area contributed by atoms with Crippen molar-refractivity contribution < 1.29 is 4.42 Å². The van der Waals surface area contributed by atoms with Gasteiger partial charge in [0, 0.05) is 82.6 Å². The van der Waals surface area contributed by atoms with Gasteiger partial charge in [-0.05, 0) is 82.9 Å². The Kier molecular flexibility index (Phi) is 9.02. The van der Waals surface area contributed by atoms with E-state index in [1.807, 2.05) is 6.07 Å². The molecule has 0 spiro atoms. The fourth-order valence-corrected chi connectivity index (χ4v) is 11.7. The minimum Gasteiger partial charge on any atom is -0.455 e. The molecule has 0 unspecified atom stereocenters. The fourth-order valence-electron chi connectivity index (χ4n) is 11.7. The van der Waals surface area contributed by atoms with Crippen molar-refractivity contribution in [3.63, 3.8) is 0 Å². The van der Waals surface area contributed by atoms with Crippen LogP contribution in [0, 0.1) is 0 Å². The molecule has 336 valence electrons. The second kappa shape index (κ2) is 16.1. The van der Waals surface area contributed by atoms with Crippen LogP contribution in [0.5, 0.6) is 0 Å². The van der Waals surface area contributed by atoms with Crippen LogP contribution in [0.1, 0.15) is 17.7 Å². The van der Waals surface area contributed by atoms with Gasteiger partial charge in [-0.25, -0.2) is 9.97 Å². The van der Waals surface area contributed by atoms with E-state index >= 15 is 0 Å². The maximum absolute atomic E-state index is 7.14. The molecule has 0 saturated carbocycles. The number of aromatic nitrogens is 4. The summed E-state index contributed by atoms with van der Waals surface area (Å²) in [5.41, 5.74) is 16.6. The number of allylic oxidation sites excluding steroid dienone is 1. The van der Waals surface area contributed by atoms with Crippen LogP contribution < -0.4 is 0 Å². The van der Waals surface area contributed by atoms with Gasteiger partial charge in [0.2, 0.25) is 0 Å². The minimum atomic E-state index is 0.675. The van der Waals surface area contributed by atoms with Crippen molar-refractivity contribution >= 4 is 82.1 Å². The van der Waals surface area contributed by atoms with Crippen LogP contribution in [0.2, 0.25) is 0 Å². The van der Waals surface area contributed by atoms with Gasteiger partial charge in [0.15, 0.2) is 5.82 Å². The summed E-state index contributed by atoms with van der Waals surface area (Å²) in [6.45, 7) is 0. The van der Waals surface area contributed by atoms with E-state index in [4.69, 9.17) is 19.4 Å². The zero-order valence-electron chi connectivity index (χ0n) is 39.1. The maximum Gasteiger partial charge on any atom is 0.160 e. The molecule has 14 aromatic rings. The van der Waals surface area contributed by atoms with Crippen molar-refractivity contribution in [3.05, 3.63) is 236 Å². The first-order chi connectivity index (χ1) is 35.7. The van der Waals surface area contributed by atoms with Gasteiger partial charge in [0.1, 0.15) is 11.2 Å². The summed E-state index contributed by atoms with van der Waals surface area (Å²) in [7, 11) is 0. The van der Waals surface area contributed by atoms with Gasteiger partial charge in [0.05, 0.1) is 28.1 Å². The van der Waals surface area contributed by atoms with E-state index in [1.54, 1.807) is 0 Å². The summed E-state index contributed by atoms with van der Waals surface area (Å²) in [5, 5.41) is 11.4. The van der Waals surface area contributed by atoms with Crippen LogP contribution in [0.15, 0.2) is 229 Å². The number of rotatable bonds is 6. The molecule has 0 amide bonds. The van der Waals surface area contributed by atoms with E-state index in [0.717, 1.165) is 129 Å². The first-order valence-electron chi connectivity index (χ1n) is 24.7. The quantitative estimate of drug-likeness (QED) is 0.156. The number of aryl methyl sites for hydroxylation is 1. The first kappa shape index (κ1) is 40.4. The van der Waals surface area contributed by atoms with E-state index in [-0.39, 0.29) is 0 Å². The lowest BCUT2D eigenvalue weighted by Gasteiger charge is -2.18. The highest BCUT2D eigenvalue weighted by molar-refractivity contribution is 6.28. The SMILES string of the molecule is C1=Cc2c(nc(-c3ccccc3)c3ccc4oc5c(-c6c7ccccc7c(-c7cc(-c8ccc9c(c8)c8ccccc8n9-c8ccccc8)nc(-c8ccccc8)n7)c7ccccc67)cccc5c4c23)CC1. The van der Waals surface area contributed by atoms with E-state index in [9.17, 15) is 0 Å². The number of hydrogen-bond acceptors (Lipinski definition) is 4. The predicted molar refractivity (Wildman–Crippen MR) is 298 cm³/mol. The van der Waals surface area contributed by atoms with Crippen molar-refractivity contribution in [2.75, 3.05) is 0 Å². The average molecular weight is 919 g/mol. The number of hydrogen-bond donors (Lipinski definition) is 0. The largest absolute Gasteiger partial charge is 0.455 e. The van der Waals surface area contributed by atoms with Gasteiger partial charge < -0.3 is 8.98 Å². The number of benzene rings is 10. The molecule has 4 aromatic heterocycles. The monoisotopic (exact) mass is 918 g/mol. The number of fused-ring (bicyclic) bond motifs is 12. The Labute approximate surface area is 414 Å². The Morgan fingerprint density at radius 2 is 1.04 bits per heavy atom. The first-order valence-corrected chi connectivity index (χ1v) is 24.7. The summed E-state index contributed by atoms with van der Waals surface area (Å²) in [6, 6.07) is 77.8. The smallest absolute Gasteiger partial charge is 0.160 e. The summed E-state index contributed by atoms with van der Waals surface area (Å²) in [5.74, 6) is 0.675. The Hall–Kier alpha value is -9.45. The van der Waals surface area contributed by atoms with E-state index in [0.29, 0.717) is 5.82 Å².